The van der Waals surface area contributed by atoms with Crippen LogP contribution >= 0.6 is 0 Å². The average molecular weight is 264 g/mol. The quantitative estimate of drug-likeness (QED) is 0.558. The average Bonchev–Trinajstić information content (AvgIpc) is 2.46. The Morgan fingerprint density at radius 3 is 2.47 bits per heavy atom. The third kappa shape index (κ3) is 4.52. The van der Waals surface area contributed by atoms with Gasteiger partial charge in [0.25, 0.3) is 5.91 Å². The molecular formula is C14H24N4O. The Morgan fingerprint density at radius 1 is 1.32 bits per heavy atom. The predicted molar refractivity (Wildman–Crippen MR) is 77.8 cm³/mol. The van der Waals surface area contributed by atoms with Crippen molar-refractivity contribution in [3.05, 3.63) is 24.0 Å². The van der Waals surface area contributed by atoms with Gasteiger partial charge in [-0.3, -0.25) is 15.6 Å². The molecule has 0 aliphatic carbocycles. The van der Waals surface area contributed by atoms with E-state index < -0.39 is 0 Å². The molecule has 0 spiro atoms. The first-order chi connectivity index (χ1) is 9.24. The van der Waals surface area contributed by atoms with Crippen molar-refractivity contribution in [3.63, 3.8) is 0 Å². The molecule has 5 heteroatoms. The van der Waals surface area contributed by atoms with Crippen LogP contribution in [0.5, 0.6) is 0 Å². The number of anilines is 1. The Labute approximate surface area is 115 Å². The highest BCUT2D eigenvalue weighted by Crippen LogP contribution is 2.15. The number of pyridine rings is 1. The number of amides is 1. The van der Waals surface area contributed by atoms with Crippen LogP contribution in [0.1, 0.15) is 49.9 Å². The summed E-state index contributed by atoms with van der Waals surface area (Å²) in [6.45, 7) is 5.82. The SMILES string of the molecule is CCCCN(CCCC)C(=O)c1cnccc1NN. The number of carbonyl (C=O) groups excluding carboxylic acids is 1. The molecule has 1 heterocycles. The third-order valence-corrected chi connectivity index (χ3v) is 3.06. The van der Waals surface area contributed by atoms with Crippen molar-refractivity contribution in [3.8, 4) is 0 Å². The molecule has 1 amide bonds. The molecule has 5 nitrogen and oxygen atoms in total. The fourth-order valence-corrected chi connectivity index (χ4v) is 1.87. The van der Waals surface area contributed by atoms with E-state index in [1.165, 1.54) is 0 Å². The van der Waals surface area contributed by atoms with E-state index >= 15 is 0 Å². The van der Waals surface area contributed by atoms with Gasteiger partial charge in [-0.25, -0.2) is 0 Å². The minimum atomic E-state index is 0.00273. The molecule has 19 heavy (non-hydrogen) atoms. The first kappa shape index (κ1) is 15.4. The lowest BCUT2D eigenvalue weighted by atomic mass is 10.2. The number of hydrogen-bond acceptors (Lipinski definition) is 4. The second-order valence-electron chi connectivity index (χ2n) is 4.56. The van der Waals surface area contributed by atoms with Crippen LogP contribution in [0.3, 0.4) is 0 Å². The first-order valence-corrected chi connectivity index (χ1v) is 6.94. The van der Waals surface area contributed by atoms with Crippen molar-refractivity contribution in [2.75, 3.05) is 18.5 Å². The second kappa shape index (κ2) is 8.48. The summed E-state index contributed by atoms with van der Waals surface area (Å²) >= 11 is 0. The van der Waals surface area contributed by atoms with Gasteiger partial charge in [-0.15, -0.1) is 0 Å². The molecule has 1 aromatic rings. The highest BCUT2D eigenvalue weighted by atomic mass is 16.2. The molecule has 1 rings (SSSR count). The minimum Gasteiger partial charge on any atom is -0.339 e. The van der Waals surface area contributed by atoms with Crippen LogP contribution in [-0.2, 0) is 0 Å². The Hall–Kier alpha value is -1.62. The number of nitrogens with two attached hydrogens (primary N) is 1. The molecule has 0 aliphatic heterocycles. The Bertz CT molecular complexity index is 387. The lowest BCUT2D eigenvalue weighted by Crippen LogP contribution is -2.33. The van der Waals surface area contributed by atoms with Gasteiger partial charge in [0.15, 0.2) is 0 Å². The van der Waals surface area contributed by atoms with Gasteiger partial charge in [0.05, 0.1) is 11.3 Å². The highest BCUT2D eigenvalue weighted by molar-refractivity contribution is 5.99. The van der Waals surface area contributed by atoms with Crippen LogP contribution in [0.4, 0.5) is 5.69 Å². The van der Waals surface area contributed by atoms with Crippen LogP contribution < -0.4 is 11.3 Å². The molecule has 106 valence electrons. The maximum Gasteiger partial charge on any atom is 0.257 e. The normalized spacial score (nSPS) is 10.3. The van der Waals surface area contributed by atoms with Gasteiger partial charge in [-0.1, -0.05) is 26.7 Å². The number of rotatable bonds is 8. The zero-order valence-corrected chi connectivity index (χ0v) is 11.9. The summed E-state index contributed by atoms with van der Waals surface area (Å²) in [5, 5.41) is 0. The molecule has 0 atom stereocenters. The van der Waals surface area contributed by atoms with E-state index in [2.05, 4.69) is 24.3 Å². The monoisotopic (exact) mass is 264 g/mol. The number of carbonyl (C=O) groups is 1. The molecule has 0 bridgehead atoms. The molecular weight excluding hydrogens is 240 g/mol. The summed E-state index contributed by atoms with van der Waals surface area (Å²) in [5.74, 6) is 5.44. The molecule has 0 radical (unpaired) electrons. The largest absolute Gasteiger partial charge is 0.339 e. The van der Waals surface area contributed by atoms with E-state index in [0.29, 0.717) is 11.3 Å². The Kier molecular flexibility index (Phi) is 6.89. The lowest BCUT2D eigenvalue weighted by molar-refractivity contribution is 0.0751. The summed E-state index contributed by atoms with van der Waals surface area (Å²) < 4.78 is 0. The minimum absolute atomic E-state index is 0.00273. The fraction of sp³-hybridized carbons (Fsp3) is 0.571. The molecule has 3 N–H and O–H groups in total. The van der Waals surface area contributed by atoms with Crippen molar-refractivity contribution >= 4 is 11.6 Å². The first-order valence-electron chi connectivity index (χ1n) is 6.94. The van der Waals surface area contributed by atoms with E-state index in [-0.39, 0.29) is 5.91 Å². The summed E-state index contributed by atoms with van der Waals surface area (Å²) in [5.41, 5.74) is 3.72. The van der Waals surface area contributed by atoms with Gasteiger partial charge in [0.2, 0.25) is 0 Å². The zero-order chi connectivity index (χ0) is 14.1. The van der Waals surface area contributed by atoms with Crippen LogP contribution in [0.2, 0.25) is 0 Å². The fourth-order valence-electron chi connectivity index (χ4n) is 1.87. The summed E-state index contributed by atoms with van der Waals surface area (Å²) in [6, 6.07) is 1.71. The Balaban J connectivity index is 2.84. The van der Waals surface area contributed by atoms with Gasteiger partial charge in [0.1, 0.15) is 0 Å². The molecule has 1 aromatic heterocycles. The maximum absolute atomic E-state index is 12.5. The number of unbranched alkanes of at least 4 members (excludes halogenated alkanes) is 2. The van der Waals surface area contributed by atoms with Crippen LogP contribution in [-0.4, -0.2) is 28.9 Å². The standard InChI is InChI=1S/C14H24N4O/c1-3-5-9-18(10-6-4-2)14(19)12-11-16-8-7-13(12)17-15/h7-8,11H,3-6,9-10,15H2,1-2H3,(H,16,17). The summed E-state index contributed by atoms with van der Waals surface area (Å²) in [4.78, 5) is 18.4. The molecule has 0 saturated carbocycles. The number of nitrogen functional groups attached to an aromatic ring is 1. The van der Waals surface area contributed by atoms with Crippen molar-refractivity contribution in [2.24, 2.45) is 5.84 Å². The van der Waals surface area contributed by atoms with Gasteiger partial charge in [-0.05, 0) is 18.9 Å². The number of nitrogens with one attached hydrogen (secondary N) is 1. The number of nitrogens with zero attached hydrogens (tertiary/aromatic N) is 2. The Morgan fingerprint density at radius 2 is 1.95 bits per heavy atom. The summed E-state index contributed by atoms with van der Waals surface area (Å²) in [7, 11) is 0. The van der Waals surface area contributed by atoms with Gasteiger partial charge >= 0.3 is 0 Å². The van der Waals surface area contributed by atoms with E-state index in [0.717, 1.165) is 38.8 Å². The van der Waals surface area contributed by atoms with Crippen LogP contribution in [0.25, 0.3) is 0 Å². The van der Waals surface area contributed by atoms with Crippen molar-refractivity contribution in [1.29, 1.82) is 0 Å². The maximum atomic E-state index is 12.5. The van der Waals surface area contributed by atoms with E-state index in [1.807, 2.05) is 4.90 Å². The van der Waals surface area contributed by atoms with E-state index in [1.54, 1.807) is 18.5 Å². The topological polar surface area (TPSA) is 71.2 Å². The third-order valence-electron chi connectivity index (χ3n) is 3.06. The molecule has 0 aliphatic rings. The zero-order valence-electron chi connectivity index (χ0n) is 11.9. The highest BCUT2D eigenvalue weighted by Gasteiger charge is 2.18. The smallest absolute Gasteiger partial charge is 0.257 e. The molecule has 0 saturated heterocycles. The van der Waals surface area contributed by atoms with E-state index in [9.17, 15) is 4.79 Å². The second-order valence-corrected chi connectivity index (χ2v) is 4.56. The van der Waals surface area contributed by atoms with Crippen LogP contribution in [0.15, 0.2) is 18.5 Å². The number of hydrogen-bond donors (Lipinski definition) is 2. The van der Waals surface area contributed by atoms with Crippen molar-refractivity contribution in [1.82, 2.24) is 9.88 Å². The van der Waals surface area contributed by atoms with E-state index in [4.69, 9.17) is 5.84 Å². The molecule has 0 aromatic carbocycles. The van der Waals surface area contributed by atoms with Crippen molar-refractivity contribution < 1.29 is 4.79 Å². The van der Waals surface area contributed by atoms with Gasteiger partial charge in [-0.2, -0.15) is 0 Å². The lowest BCUT2D eigenvalue weighted by Gasteiger charge is -2.23. The van der Waals surface area contributed by atoms with Crippen molar-refractivity contribution in [2.45, 2.75) is 39.5 Å². The van der Waals surface area contributed by atoms with Crippen LogP contribution in [0, 0.1) is 0 Å². The summed E-state index contributed by atoms with van der Waals surface area (Å²) in [6.07, 6.45) is 7.37. The molecule has 0 unspecified atom stereocenters. The number of aromatic nitrogens is 1. The van der Waals surface area contributed by atoms with Gasteiger partial charge in [0, 0.05) is 25.5 Å². The molecule has 0 fully saturated rings. The predicted octanol–water partition coefficient (Wildman–Crippen LogP) is 2.41. The number of hydrazine groups is 1. The van der Waals surface area contributed by atoms with Gasteiger partial charge < -0.3 is 10.3 Å².